The molecule has 2 heterocycles. The Kier molecular flexibility index (Phi) is 5.59. The van der Waals surface area contributed by atoms with Gasteiger partial charge in [0.1, 0.15) is 6.29 Å². The molecule has 0 aliphatic rings. The van der Waals surface area contributed by atoms with Gasteiger partial charge in [-0.25, -0.2) is 9.97 Å². The first kappa shape index (κ1) is 15.3. The Morgan fingerprint density at radius 1 is 1.37 bits per heavy atom. The van der Waals surface area contributed by atoms with E-state index in [-0.39, 0.29) is 17.3 Å². The van der Waals surface area contributed by atoms with Crippen molar-refractivity contribution in [3.63, 3.8) is 0 Å². The van der Waals surface area contributed by atoms with Gasteiger partial charge in [0.2, 0.25) is 5.28 Å². The zero-order chi connectivity index (χ0) is 14.4. The van der Waals surface area contributed by atoms with Crippen molar-refractivity contribution in [2.24, 2.45) is 0 Å². The van der Waals surface area contributed by atoms with Gasteiger partial charge in [0.15, 0.2) is 5.52 Å². The van der Waals surface area contributed by atoms with E-state index in [0.717, 1.165) is 4.57 Å². The van der Waals surface area contributed by atoms with Crippen molar-refractivity contribution >= 4 is 28.9 Å². The van der Waals surface area contributed by atoms with Gasteiger partial charge in [-0.3, -0.25) is 9.36 Å². The number of aryl methyl sites for hydroxylation is 1. The normalized spacial score (nSPS) is 9.89. The fourth-order valence-electron chi connectivity index (χ4n) is 1.40. The second-order valence-corrected chi connectivity index (χ2v) is 4.03. The van der Waals surface area contributed by atoms with Gasteiger partial charge < -0.3 is 9.53 Å². The van der Waals surface area contributed by atoms with Gasteiger partial charge in [-0.05, 0) is 30.7 Å². The van der Waals surface area contributed by atoms with Crippen molar-refractivity contribution in [2.75, 3.05) is 14.2 Å². The lowest BCUT2D eigenvalue weighted by molar-refractivity contribution is -0.108. The third-order valence-electron chi connectivity index (χ3n) is 2.15. The van der Waals surface area contributed by atoms with Crippen LogP contribution in [0.25, 0.3) is 11.0 Å². The van der Waals surface area contributed by atoms with Crippen molar-refractivity contribution in [3.05, 3.63) is 33.5 Å². The molecule has 0 atom stereocenters. The predicted octanol–water partition coefficient (Wildman–Crippen LogP) is 1.21. The molecule has 2 rings (SSSR count). The molecule has 0 unspecified atom stereocenters. The molecular weight excluding hydrogens is 270 g/mol. The first-order valence-corrected chi connectivity index (χ1v) is 5.80. The number of halogens is 1. The van der Waals surface area contributed by atoms with Crippen LogP contribution in [0.2, 0.25) is 5.28 Å². The smallest absolute Gasteiger partial charge is 0.281 e. The molecule has 0 N–H and O–H groups in total. The Morgan fingerprint density at radius 2 is 2.00 bits per heavy atom. The highest BCUT2D eigenvalue weighted by atomic mass is 35.5. The largest absolute Gasteiger partial charge is 0.388 e. The number of aldehydes is 1. The molecule has 0 spiro atoms. The summed E-state index contributed by atoms with van der Waals surface area (Å²) in [6.07, 6.45) is 0.594. The van der Waals surface area contributed by atoms with Gasteiger partial charge in [0, 0.05) is 19.9 Å². The summed E-state index contributed by atoms with van der Waals surface area (Å²) >= 11 is 5.79. The van der Waals surface area contributed by atoms with E-state index < -0.39 is 5.56 Å². The van der Waals surface area contributed by atoms with Crippen LogP contribution >= 0.6 is 11.6 Å². The molecule has 0 fully saturated rings. The summed E-state index contributed by atoms with van der Waals surface area (Å²) in [5.74, 6) is 0. The summed E-state index contributed by atoms with van der Waals surface area (Å²) in [7, 11) is 3.25. The van der Waals surface area contributed by atoms with E-state index in [1.165, 1.54) is 0 Å². The van der Waals surface area contributed by atoms with Crippen LogP contribution < -0.4 is 5.56 Å². The molecule has 0 saturated carbocycles. The number of rotatable bonds is 2. The summed E-state index contributed by atoms with van der Waals surface area (Å²) in [4.78, 5) is 30.4. The minimum Gasteiger partial charge on any atom is -0.388 e. The molecule has 0 bridgehead atoms. The van der Waals surface area contributed by atoms with Crippen LogP contribution in [0, 0.1) is 6.92 Å². The highest BCUT2D eigenvalue weighted by Gasteiger charge is 2.09. The monoisotopic (exact) mass is 283 g/mol. The van der Waals surface area contributed by atoms with Crippen LogP contribution in [0.3, 0.4) is 0 Å². The molecule has 0 amide bonds. The highest BCUT2D eigenvalue weighted by Crippen LogP contribution is 2.10. The average molecular weight is 284 g/mol. The van der Waals surface area contributed by atoms with E-state index in [9.17, 15) is 9.59 Å². The number of carbonyl (C=O) groups is 1. The Morgan fingerprint density at radius 3 is 2.58 bits per heavy atom. The SMILES string of the molecule is COC.Cc1ccc2nc(Cl)n(CC=O)c(=O)c2n1. The molecule has 0 aromatic carbocycles. The van der Waals surface area contributed by atoms with E-state index in [1.807, 2.05) is 0 Å². The lowest BCUT2D eigenvalue weighted by atomic mass is 10.3. The maximum absolute atomic E-state index is 11.9. The van der Waals surface area contributed by atoms with Crippen LogP contribution in [0.5, 0.6) is 0 Å². The summed E-state index contributed by atoms with van der Waals surface area (Å²) < 4.78 is 5.34. The zero-order valence-corrected chi connectivity index (χ0v) is 11.6. The summed E-state index contributed by atoms with van der Waals surface area (Å²) in [6, 6.07) is 3.42. The Hall–Kier alpha value is -1.79. The maximum atomic E-state index is 11.9. The van der Waals surface area contributed by atoms with Crippen LogP contribution in [0.4, 0.5) is 0 Å². The first-order valence-electron chi connectivity index (χ1n) is 5.42. The van der Waals surface area contributed by atoms with Crippen molar-refractivity contribution in [1.29, 1.82) is 0 Å². The van der Waals surface area contributed by atoms with E-state index in [1.54, 1.807) is 33.3 Å². The number of fused-ring (bicyclic) bond motifs is 1. The molecule has 102 valence electrons. The number of nitrogens with zero attached hydrogens (tertiary/aromatic N) is 3. The highest BCUT2D eigenvalue weighted by molar-refractivity contribution is 6.28. The standard InChI is InChI=1S/C10H8ClN3O2.C2H6O/c1-6-2-3-7-8(12-6)9(16)14(4-5-15)10(11)13-7;1-3-2/h2-3,5H,4H2,1H3;1-2H3. The van der Waals surface area contributed by atoms with Gasteiger partial charge in [-0.15, -0.1) is 0 Å². The van der Waals surface area contributed by atoms with Crippen molar-refractivity contribution in [2.45, 2.75) is 13.5 Å². The molecule has 0 radical (unpaired) electrons. The van der Waals surface area contributed by atoms with Gasteiger partial charge in [-0.1, -0.05) is 0 Å². The predicted molar refractivity (Wildman–Crippen MR) is 72.5 cm³/mol. The topological polar surface area (TPSA) is 74.1 Å². The Labute approximate surface area is 115 Å². The fourth-order valence-corrected chi connectivity index (χ4v) is 1.64. The number of hydrogen-bond acceptors (Lipinski definition) is 5. The van der Waals surface area contributed by atoms with Crippen LogP contribution in [0.15, 0.2) is 16.9 Å². The number of ether oxygens (including phenoxy) is 1. The van der Waals surface area contributed by atoms with Gasteiger partial charge in [-0.2, -0.15) is 0 Å². The third kappa shape index (κ3) is 3.59. The lowest BCUT2D eigenvalue weighted by Gasteiger charge is -2.05. The van der Waals surface area contributed by atoms with E-state index in [4.69, 9.17) is 11.6 Å². The zero-order valence-electron chi connectivity index (χ0n) is 10.9. The fraction of sp³-hybridized carbons (Fsp3) is 0.333. The quantitative estimate of drug-likeness (QED) is 0.612. The van der Waals surface area contributed by atoms with Crippen LogP contribution in [0.1, 0.15) is 5.69 Å². The minimum absolute atomic E-state index is 0.00440. The summed E-state index contributed by atoms with van der Waals surface area (Å²) in [5.41, 5.74) is 0.978. The van der Waals surface area contributed by atoms with E-state index >= 15 is 0 Å². The van der Waals surface area contributed by atoms with E-state index in [2.05, 4.69) is 14.7 Å². The molecular formula is C12H14ClN3O3. The van der Waals surface area contributed by atoms with E-state index in [0.29, 0.717) is 17.5 Å². The molecule has 2 aromatic heterocycles. The molecule has 2 aromatic rings. The molecule has 0 aliphatic carbocycles. The van der Waals surface area contributed by atoms with Crippen LogP contribution in [-0.4, -0.2) is 35.0 Å². The second-order valence-electron chi connectivity index (χ2n) is 3.69. The number of hydrogen-bond donors (Lipinski definition) is 0. The Balaban J connectivity index is 0.000000550. The maximum Gasteiger partial charge on any atom is 0.281 e. The average Bonchev–Trinajstić information content (AvgIpc) is 2.37. The molecule has 19 heavy (non-hydrogen) atoms. The Bertz CT molecular complexity index is 640. The van der Waals surface area contributed by atoms with Gasteiger partial charge >= 0.3 is 0 Å². The minimum atomic E-state index is -0.397. The van der Waals surface area contributed by atoms with Crippen LogP contribution in [-0.2, 0) is 16.1 Å². The third-order valence-corrected chi connectivity index (χ3v) is 2.44. The van der Waals surface area contributed by atoms with Gasteiger partial charge in [0.05, 0.1) is 12.1 Å². The molecule has 0 aliphatic heterocycles. The molecule has 7 heteroatoms. The first-order chi connectivity index (χ1) is 9.04. The molecule has 0 saturated heterocycles. The lowest BCUT2D eigenvalue weighted by Crippen LogP contribution is -2.23. The van der Waals surface area contributed by atoms with Gasteiger partial charge in [0.25, 0.3) is 5.56 Å². The summed E-state index contributed by atoms with van der Waals surface area (Å²) in [5, 5.41) is -0.00440. The van der Waals surface area contributed by atoms with Crippen molar-refractivity contribution in [1.82, 2.24) is 14.5 Å². The van der Waals surface area contributed by atoms with Crippen molar-refractivity contribution < 1.29 is 9.53 Å². The summed E-state index contributed by atoms with van der Waals surface area (Å²) in [6.45, 7) is 1.66. The number of methoxy groups -OCH3 is 1. The molecule has 6 nitrogen and oxygen atoms in total. The number of pyridine rings is 1. The number of aromatic nitrogens is 3. The van der Waals surface area contributed by atoms with Crippen molar-refractivity contribution in [3.8, 4) is 0 Å². The second kappa shape index (κ2) is 6.96. The number of carbonyl (C=O) groups excluding carboxylic acids is 1.